The second kappa shape index (κ2) is 7.91. The second-order valence-corrected chi connectivity index (χ2v) is 4.03. The van der Waals surface area contributed by atoms with Gasteiger partial charge in [-0.2, -0.15) is 30.3 Å². The van der Waals surface area contributed by atoms with Crippen molar-refractivity contribution in [3.8, 4) is 11.1 Å². The van der Waals surface area contributed by atoms with E-state index in [1.54, 1.807) is 0 Å². The molecule has 0 fully saturated rings. The molecule has 2 rings (SSSR count). The second-order valence-electron chi connectivity index (χ2n) is 4.03. The topological polar surface area (TPSA) is 0 Å². The number of benzene rings is 2. The Morgan fingerprint density at radius 2 is 1.71 bits per heavy atom. The van der Waals surface area contributed by atoms with Gasteiger partial charge in [-0.1, -0.05) is 43.7 Å². The maximum Gasteiger partial charge on any atom is 2.00 e. The predicted molar refractivity (Wildman–Crippen MR) is 70.6 cm³/mol. The summed E-state index contributed by atoms with van der Waals surface area (Å²) in [6, 6.07) is 19.8. The van der Waals surface area contributed by atoms with E-state index in [1.807, 2.05) is 18.2 Å². The minimum Gasteiger partial charge on any atom is -1.00 e. The molecule has 2 aromatic rings. The quantitative estimate of drug-likeness (QED) is 0.571. The average Bonchev–Trinajstić information content (AvgIpc) is 2.30. The zero-order valence-corrected chi connectivity index (χ0v) is 13.3. The largest absolute Gasteiger partial charge is 2.00 e. The monoisotopic (exact) mass is 298 g/mol. The number of hydrogen-bond donors (Lipinski definition) is 0. The van der Waals surface area contributed by atoms with E-state index in [4.69, 9.17) is 0 Å². The Labute approximate surface area is 130 Å². The van der Waals surface area contributed by atoms with E-state index in [-0.39, 0.29) is 40.0 Å². The van der Waals surface area contributed by atoms with Crippen molar-refractivity contribution in [2.45, 2.75) is 19.8 Å². The molecule has 0 aliphatic rings. The van der Waals surface area contributed by atoms with E-state index in [0.717, 1.165) is 0 Å². The summed E-state index contributed by atoms with van der Waals surface area (Å²) in [5, 5.41) is 0. The number of hydrogen-bond acceptors (Lipinski definition) is 0. The van der Waals surface area contributed by atoms with Gasteiger partial charge in [0.05, 0.1) is 0 Å². The Bertz CT molecular complexity index is 438. The Hall–Kier alpha value is -0.314. The minimum absolute atomic E-state index is 0. The summed E-state index contributed by atoms with van der Waals surface area (Å²) in [4.78, 5) is 0. The van der Waals surface area contributed by atoms with Gasteiger partial charge in [0.25, 0.3) is 0 Å². The molecule has 0 saturated heterocycles. The molecular weight excluding hydrogens is 284 g/mol. The predicted octanol–water partition coefficient (Wildman–Crippen LogP) is 0.900. The molecule has 0 nitrogen and oxygen atoms in total. The first kappa shape index (κ1) is 16.7. The fourth-order valence-electron chi connectivity index (χ4n) is 1.82. The van der Waals surface area contributed by atoms with Crippen LogP contribution >= 0.6 is 0 Å². The van der Waals surface area contributed by atoms with Crippen LogP contribution in [0.3, 0.4) is 0 Å². The Kier molecular flexibility index (Phi) is 7.76. The van der Waals surface area contributed by atoms with Gasteiger partial charge in [0, 0.05) is 0 Å². The van der Waals surface area contributed by atoms with Crippen LogP contribution < -0.4 is 17.0 Å². The summed E-state index contributed by atoms with van der Waals surface area (Å²) in [6.45, 7) is 4.46. The van der Waals surface area contributed by atoms with Gasteiger partial charge in [0.1, 0.15) is 0 Å². The summed E-state index contributed by atoms with van der Waals surface area (Å²) in [5.41, 5.74) is 3.98. The molecule has 0 radical (unpaired) electrons. The fraction of sp³-hybridized carbons (Fsp3) is 0.200. The molecule has 0 N–H and O–H groups in total. The van der Waals surface area contributed by atoms with Crippen LogP contribution in [0.4, 0.5) is 0 Å². The van der Waals surface area contributed by atoms with Crippen LogP contribution in [0.25, 0.3) is 11.1 Å². The molecule has 17 heavy (non-hydrogen) atoms. The Morgan fingerprint density at radius 1 is 1.00 bits per heavy atom. The molecule has 0 atom stereocenters. The van der Waals surface area contributed by atoms with Crippen molar-refractivity contribution < 1.29 is 17.0 Å². The maximum absolute atomic E-state index is 3.13. The molecule has 2 heteroatoms. The van der Waals surface area contributed by atoms with E-state index >= 15 is 0 Å². The smallest absolute Gasteiger partial charge is 1.00 e. The SMILES string of the molecule is CC(C)c1ccccc1-c1c[c-]ccc1.[Br-].[Mg+2]. The first-order chi connectivity index (χ1) is 7.29. The number of halogens is 1. The van der Waals surface area contributed by atoms with E-state index in [9.17, 15) is 0 Å². The minimum atomic E-state index is 0. The molecule has 0 unspecified atom stereocenters. The van der Waals surface area contributed by atoms with E-state index < -0.39 is 0 Å². The van der Waals surface area contributed by atoms with Gasteiger partial charge in [0.15, 0.2) is 0 Å². The summed E-state index contributed by atoms with van der Waals surface area (Å²) in [7, 11) is 0. The third-order valence-electron chi connectivity index (χ3n) is 2.60. The van der Waals surface area contributed by atoms with E-state index in [1.165, 1.54) is 16.7 Å². The van der Waals surface area contributed by atoms with Crippen molar-refractivity contribution in [1.82, 2.24) is 0 Å². The molecule has 0 heterocycles. The van der Waals surface area contributed by atoms with Crippen LogP contribution in [-0.2, 0) is 0 Å². The van der Waals surface area contributed by atoms with Gasteiger partial charge in [-0.3, -0.25) is 0 Å². The Morgan fingerprint density at radius 3 is 2.29 bits per heavy atom. The standard InChI is InChI=1S/C15H15.BrH.Mg/c1-12(2)14-10-6-7-11-15(14)13-8-4-3-5-9-13;;/h3-4,6-12H,1-2H3;1H;/q-1;;+2/p-1. The molecule has 0 aliphatic heterocycles. The van der Waals surface area contributed by atoms with Crippen molar-refractivity contribution in [2.75, 3.05) is 0 Å². The summed E-state index contributed by atoms with van der Waals surface area (Å²) in [6.07, 6.45) is 0. The first-order valence-electron chi connectivity index (χ1n) is 5.34. The molecular formula is C15H15BrMg. The summed E-state index contributed by atoms with van der Waals surface area (Å²) < 4.78 is 0. The molecule has 0 aromatic heterocycles. The van der Waals surface area contributed by atoms with Crippen LogP contribution in [0, 0.1) is 6.07 Å². The number of rotatable bonds is 2. The van der Waals surface area contributed by atoms with Crippen LogP contribution in [0.1, 0.15) is 25.3 Å². The fourth-order valence-corrected chi connectivity index (χ4v) is 1.82. The van der Waals surface area contributed by atoms with Crippen LogP contribution in [0.2, 0.25) is 0 Å². The molecule has 0 amide bonds. The van der Waals surface area contributed by atoms with Crippen molar-refractivity contribution in [3.05, 3.63) is 60.2 Å². The molecule has 0 bridgehead atoms. The third-order valence-corrected chi connectivity index (χ3v) is 2.60. The van der Waals surface area contributed by atoms with Crippen LogP contribution in [0.5, 0.6) is 0 Å². The van der Waals surface area contributed by atoms with Gasteiger partial charge in [-0.15, -0.1) is 5.56 Å². The average molecular weight is 299 g/mol. The normalized spacial score (nSPS) is 9.35. The van der Waals surface area contributed by atoms with Crippen molar-refractivity contribution >= 4 is 23.1 Å². The first-order valence-corrected chi connectivity index (χ1v) is 5.34. The van der Waals surface area contributed by atoms with Gasteiger partial charge in [-0.25, -0.2) is 0 Å². The molecule has 0 spiro atoms. The van der Waals surface area contributed by atoms with Crippen molar-refractivity contribution in [2.24, 2.45) is 0 Å². The van der Waals surface area contributed by atoms with E-state index in [2.05, 4.69) is 50.2 Å². The van der Waals surface area contributed by atoms with E-state index in [0.29, 0.717) is 5.92 Å². The summed E-state index contributed by atoms with van der Waals surface area (Å²) >= 11 is 0. The van der Waals surface area contributed by atoms with Crippen LogP contribution in [-0.4, -0.2) is 23.1 Å². The van der Waals surface area contributed by atoms with Crippen molar-refractivity contribution in [1.29, 1.82) is 0 Å². The molecule has 2 aromatic carbocycles. The zero-order chi connectivity index (χ0) is 10.7. The maximum atomic E-state index is 3.13. The van der Waals surface area contributed by atoms with Gasteiger partial charge < -0.3 is 17.0 Å². The summed E-state index contributed by atoms with van der Waals surface area (Å²) in [5.74, 6) is 0.557. The zero-order valence-electron chi connectivity index (χ0n) is 10.3. The molecule has 0 aliphatic carbocycles. The van der Waals surface area contributed by atoms with Crippen molar-refractivity contribution in [3.63, 3.8) is 0 Å². The third kappa shape index (κ3) is 4.13. The van der Waals surface area contributed by atoms with Gasteiger partial charge in [0.2, 0.25) is 0 Å². The van der Waals surface area contributed by atoms with Gasteiger partial charge in [-0.05, 0) is 11.5 Å². The molecule has 0 saturated carbocycles. The molecule has 84 valence electrons. The van der Waals surface area contributed by atoms with Crippen LogP contribution in [0.15, 0.2) is 48.5 Å². The van der Waals surface area contributed by atoms with Gasteiger partial charge >= 0.3 is 23.1 Å². The Balaban J connectivity index is 0.00000128.